The fourth-order valence-electron chi connectivity index (χ4n) is 2.30. The van der Waals surface area contributed by atoms with Gasteiger partial charge in [0.25, 0.3) is 0 Å². The summed E-state index contributed by atoms with van der Waals surface area (Å²) < 4.78 is 13.6. The maximum Gasteiger partial charge on any atom is 0.243 e. The van der Waals surface area contributed by atoms with E-state index >= 15 is 0 Å². The Morgan fingerprint density at radius 3 is 2.68 bits per heavy atom. The lowest BCUT2D eigenvalue weighted by Crippen LogP contribution is -2.41. The molecule has 0 unspecified atom stereocenters. The Balaban J connectivity index is 0.00000392. The highest BCUT2D eigenvalue weighted by atomic mass is 127. The number of aliphatic imine (C=N–C) groups is 1. The van der Waals surface area contributed by atoms with Crippen LogP contribution in [0.3, 0.4) is 0 Å². The lowest BCUT2D eigenvalue weighted by atomic mass is 10.1. The van der Waals surface area contributed by atoms with Crippen molar-refractivity contribution in [3.8, 4) is 12.3 Å². The molecule has 1 amide bonds. The molecule has 0 spiro atoms. The second-order valence-corrected chi connectivity index (χ2v) is 5.91. The van der Waals surface area contributed by atoms with Gasteiger partial charge < -0.3 is 16.0 Å². The van der Waals surface area contributed by atoms with Crippen molar-refractivity contribution in [3.63, 3.8) is 0 Å². The van der Waals surface area contributed by atoms with Gasteiger partial charge >= 0.3 is 0 Å². The highest BCUT2D eigenvalue weighted by Crippen LogP contribution is 2.10. The summed E-state index contributed by atoms with van der Waals surface area (Å²) in [6, 6.07) is 12.1. The van der Waals surface area contributed by atoms with Crippen molar-refractivity contribution < 1.29 is 9.18 Å². The molecule has 0 saturated heterocycles. The molecule has 7 heteroatoms. The van der Waals surface area contributed by atoms with Crippen LogP contribution in [0.4, 0.5) is 10.1 Å². The fraction of sp³-hybridized carbons (Fsp3) is 0.238. The molecular weight excluding hydrogens is 470 g/mol. The Hall–Kier alpha value is -2.60. The molecule has 0 saturated carbocycles. The first kappa shape index (κ1) is 23.4. The van der Waals surface area contributed by atoms with Crippen LogP contribution in [0.15, 0.2) is 47.5 Å². The molecule has 5 nitrogen and oxygen atoms in total. The van der Waals surface area contributed by atoms with Crippen LogP contribution in [0.5, 0.6) is 0 Å². The monoisotopic (exact) mass is 494 g/mol. The van der Waals surface area contributed by atoms with Gasteiger partial charge in [-0.3, -0.25) is 4.79 Å². The van der Waals surface area contributed by atoms with E-state index in [-0.39, 0.29) is 42.2 Å². The zero-order chi connectivity index (χ0) is 19.6. The molecule has 28 heavy (non-hydrogen) atoms. The molecule has 3 N–H and O–H groups in total. The zero-order valence-corrected chi connectivity index (χ0v) is 18.2. The third kappa shape index (κ3) is 7.56. The highest BCUT2D eigenvalue weighted by molar-refractivity contribution is 14.0. The van der Waals surface area contributed by atoms with Crippen LogP contribution in [0.1, 0.15) is 23.6 Å². The molecule has 0 aliphatic rings. The van der Waals surface area contributed by atoms with Crippen LogP contribution >= 0.6 is 24.0 Å². The Morgan fingerprint density at radius 2 is 2.00 bits per heavy atom. The summed E-state index contributed by atoms with van der Waals surface area (Å²) in [6.45, 7) is 4.62. The van der Waals surface area contributed by atoms with E-state index in [1.54, 1.807) is 37.3 Å². The van der Waals surface area contributed by atoms with Crippen LogP contribution in [0, 0.1) is 25.1 Å². The molecule has 2 aromatic rings. The molecule has 0 fully saturated rings. The number of nitrogens with zero attached hydrogens (tertiary/aromatic N) is 1. The van der Waals surface area contributed by atoms with Gasteiger partial charge in [0.05, 0.1) is 13.1 Å². The van der Waals surface area contributed by atoms with Gasteiger partial charge in [0, 0.05) is 17.8 Å². The number of nitrogens with one attached hydrogen (secondary N) is 3. The maximum atomic E-state index is 13.6. The average Bonchev–Trinajstić information content (AvgIpc) is 2.66. The number of amides is 1. The van der Waals surface area contributed by atoms with Gasteiger partial charge in [0.1, 0.15) is 5.82 Å². The van der Waals surface area contributed by atoms with Crippen molar-refractivity contribution in [2.24, 2.45) is 4.99 Å². The fourth-order valence-corrected chi connectivity index (χ4v) is 2.30. The highest BCUT2D eigenvalue weighted by Gasteiger charge is 2.05. The lowest BCUT2D eigenvalue weighted by molar-refractivity contribution is -0.115. The number of carbonyl (C=O) groups is 1. The quantitative estimate of drug-likeness (QED) is 0.250. The third-order valence-electron chi connectivity index (χ3n) is 3.73. The Bertz CT molecular complexity index is 877. The number of hydrogen-bond acceptors (Lipinski definition) is 2. The first-order valence-electron chi connectivity index (χ1n) is 8.65. The van der Waals surface area contributed by atoms with Crippen molar-refractivity contribution in [3.05, 3.63) is 65.0 Å². The van der Waals surface area contributed by atoms with Crippen LogP contribution in [-0.2, 0) is 11.3 Å². The van der Waals surface area contributed by atoms with Crippen LogP contribution in [0.25, 0.3) is 0 Å². The number of halogens is 2. The number of terminal acetylenes is 1. The summed E-state index contributed by atoms with van der Waals surface area (Å²) in [5.74, 6) is 2.52. The second-order valence-electron chi connectivity index (χ2n) is 5.91. The van der Waals surface area contributed by atoms with Crippen LogP contribution in [-0.4, -0.2) is 25.0 Å². The largest absolute Gasteiger partial charge is 0.357 e. The molecular formula is C21H24FIN4O. The SMILES string of the molecule is C#Cc1cccc(NC(=O)CNC(=NCc2ccc(C)c(F)c2)NCC)c1.I. The number of hydrogen-bond donors (Lipinski definition) is 3. The second kappa shape index (κ2) is 12.0. The van der Waals surface area contributed by atoms with Crippen LogP contribution < -0.4 is 16.0 Å². The predicted molar refractivity (Wildman–Crippen MR) is 122 cm³/mol. The summed E-state index contributed by atoms with van der Waals surface area (Å²) >= 11 is 0. The van der Waals surface area contributed by atoms with E-state index in [0.29, 0.717) is 35.9 Å². The normalized spacial score (nSPS) is 10.4. The minimum absolute atomic E-state index is 0. The van der Waals surface area contributed by atoms with E-state index in [9.17, 15) is 9.18 Å². The summed E-state index contributed by atoms with van der Waals surface area (Å²) in [7, 11) is 0. The standard InChI is InChI=1S/C21H23FN4O.HI/c1-4-16-7-6-8-18(11-16)26-20(27)14-25-21(23-5-2)24-13-17-10-9-15(3)19(22)12-17;/h1,6-12H,5,13-14H2,2-3H3,(H,26,27)(H2,23,24,25);1H. The first-order chi connectivity index (χ1) is 13.0. The first-order valence-corrected chi connectivity index (χ1v) is 8.65. The summed E-state index contributed by atoms with van der Waals surface area (Å²) in [5.41, 5.74) is 2.68. The molecule has 0 aromatic heterocycles. The molecule has 0 aliphatic heterocycles. The maximum absolute atomic E-state index is 13.6. The molecule has 0 atom stereocenters. The number of guanidine groups is 1. The van der Waals surface area contributed by atoms with Crippen molar-refractivity contribution in [2.45, 2.75) is 20.4 Å². The van der Waals surface area contributed by atoms with Gasteiger partial charge in [-0.1, -0.05) is 24.1 Å². The number of anilines is 1. The van der Waals surface area contributed by atoms with E-state index in [4.69, 9.17) is 6.42 Å². The third-order valence-corrected chi connectivity index (χ3v) is 3.73. The number of aryl methyl sites for hydroxylation is 1. The average molecular weight is 494 g/mol. The molecule has 0 bridgehead atoms. The smallest absolute Gasteiger partial charge is 0.243 e. The van der Waals surface area contributed by atoms with Crippen LogP contribution in [0.2, 0.25) is 0 Å². The van der Waals surface area contributed by atoms with Gasteiger partial charge in [-0.05, 0) is 49.2 Å². The Morgan fingerprint density at radius 1 is 1.21 bits per heavy atom. The zero-order valence-electron chi connectivity index (χ0n) is 15.9. The minimum Gasteiger partial charge on any atom is -0.357 e. The topological polar surface area (TPSA) is 65.5 Å². The summed E-state index contributed by atoms with van der Waals surface area (Å²) in [4.78, 5) is 16.5. The van der Waals surface area contributed by atoms with Gasteiger partial charge in [0.2, 0.25) is 5.91 Å². The molecule has 2 aromatic carbocycles. The van der Waals surface area contributed by atoms with Crippen molar-refractivity contribution in [1.82, 2.24) is 10.6 Å². The molecule has 2 rings (SSSR count). The Kier molecular flexibility index (Phi) is 10.0. The predicted octanol–water partition coefficient (Wildman–Crippen LogP) is 3.43. The summed E-state index contributed by atoms with van der Waals surface area (Å²) in [5, 5.41) is 8.79. The van der Waals surface area contributed by atoms with E-state index in [1.807, 2.05) is 13.0 Å². The van der Waals surface area contributed by atoms with Crippen molar-refractivity contribution in [2.75, 3.05) is 18.4 Å². The van der Waals surface area contributed by atoms with Gasteiger partial charge in [0.15, 0.2) is 5.96 Å². The summed E-state index contributed by atoms with van der Waals surface area (Å²) in [6.07, 6.45) is 5.36. The van der Waals surface area contributed by atoms with Gasteiger partial charge in [-0.25, -0.2) is 9.38 Å². The van der Waals surface area contributed by atoms with E-state index < -0.39 is 0 Å². The van der Waals surface area contributed by atoms with Gasteiger partial charge in [-0.2, -0.15) is 0 Å². The molecule has 148 valence electrons. The van der Waals surface area contributed by atoms with E-state index in [0.717, 1.165) is 5.56 Å². The van der Waals surface area contributed by atoms with E-state index in [1.165, 1.54) is 6.07 Å². The lowest BCUT2D eigenvalue weighted by Gasteiger charge is -2.12. The number of carbonyl (C=O) groups excluding carboxylic acids is 1. The van der Waals surface area contributed by atoms with E-state index in [2.05, 4.69) is 26.9 Å². The van der Waals surface area contributed by atoms with Crippen molar-refractivity contribution in [1.29, 1.82) is 0 Å². The van der Waals surface area contributed by atoms with Gasteiger partial charge in [-0.15, -0.1) is 30.4 Å². The minimum atomic E-state index is -0.255. The number of benzene rings is 2. The van der Waals surface area contributed by atoms with Crippen molar-refractivity contribution >= 4 is 41.5 Å². The molecule has 0 aliphatic carbocycles. The molecule has 0 radical (unpaired) electrons. The number of rotatable bonds is 6. The Labute approximate surface area is 182 Å². The molecule has 0 heterocycles.